The number of sulfonamides is 2. The number of nitrogens with one attached hydrogen (secondary N) is 2. The van der Waals surface area contributed by atoms with Crippen LogP contribution in [-0.2, 0) is 24.8 Å². The maximum atomic E-state index is 13.5. The molecule has 2 N–H and O–H groups in total. The van der Waals surface area contributed by atoms with Gasteiger partial charge in [0.1, 0.15) is 18.1 Å². The van der Waals surface area contributed by atoms with E-state index in [9.17, 15) is 26.0 Å². The number of methoxy groups -OCH3 is 1. The molecule has 0 bridgehead atoms. The zero-order valence-corrected chi connectivity index (χ0v) is 22.2. The monoisotopic (exact) mass is 569 g/mol. The topological polar surface area (TPSA) is 122 Å². The Kier molecular flexibility index (Phi) is 8.17. The predicted octanol–water partition coefficient (Wildman–Crippen LogP) is 4.47. The number of benzene rings is 4. The standard InChI is InChI=1S/C27H24FN3O6S2/c1-37-26-10-6-5-9-25(26)31(39(35,36)24-7-3-2-4-8-24)19-27(32)29-21-15-17-23(18-16-21)38(33,34)30-22-13-11-20(28)12-14-22/h2-18,30H,19H2,1H3,(H,29,32). The van der Waals surface area contributed by atoms with E-state index in [1.807, 2.05) is 0 Å². The number of anilines is 3. The molecule has 39 heavy (non-hydrogen) atoms. The molecular weight excluding hydrogens is 545 g/mol. The van der Waals surface area contributed by atoms with Crippen molar-refractivity contribution in [2.24, 2.45) is 0 Å². The Bertz CT molecular complexity index is 1660. The van der Waals surface area contributed by atoms with Crippen LogP contribution in [0, 0.1) is 5.82 Å². The molecule has 0 saturated heterocycles. The van der Waals surface area contributed by atoms with Gasteiger partial charge < -0.3 is 10.1 Å². The minimum atomic E-state index is -4.15. The summed E-state index contributed by atoms with van der Waals surface area (Å²) in [5.41, 5.74) is 0.606. The molecule has 0 heterocycles. The Morgan fingerprint density at radius 1 is 0.769 bits per heavy atom. The first kappa shape index (κ1) is 27.6. The predicted molar refractivity (Wildman–Crippen MR) is 146 cm³/mol. The van der Waals surface area contributed by atoms with Crippen LogP contribution in [-0.4, -0.2) is 36.4 Å². The van der Waals surface area contributed by atoms with Crippen LogP contribution in [0.15, 0.2) is 113 Å². The quantitative estimate of drug-likeness (QED) is 0.291. The summed E-state index contributed by atoms with van der Waals surface area (Å²) in [5, 5.41) is 2.60. The third-order valence-corrected chi connectivity index (χ3v) is 8.69. The summed E-state index contributed by atoms with van der Waals surface area (Å²) in [6, 6.07) is 24.2. The van der Waals surface area contributed by atoms with Crippen LogP contribution in [0.2, 0.25) is 0 Å². The molecule has 1 amide bonds. The second kappa shape index (κ2) is 11.5. The molecule has 4 aromatic carbocycles. The van der Waals surface area contributed by atoms with Gasteiger partial charge in [0.25, 0.3) is 20.0 Å². The van der Waals surface area contributed by atoms with Gasteiger partial charge in [-0.3, -0.25) is 13.8 Å². The molecule has 0 saturated carbocycles. The maximum Gasteiger partial charge on any atom is 0.264 e. The van der Waals surface area contributed by atoms with Crippen molar-refractivity contribution >= 4 is 43.0 Å². The van der Waals surface area contributed by atoms with Crippen LogP contribution in [0.4, 0.5) is 21.5 Å². The van der Waals surface area contributed by atoms with Gasteiger partial charge in [-0.25, -0.2) is 21.2 Å². The van der Waals surface area contributed by atoms with Crippen molar-refractivity contribution in [1.82, 2.24) is 0 Å². The lowest BCUT2D eigenvalue weighted by Gasteiger charge is -2.25. The lowest BCUT2D eigenvalue weighted by atomic mass is 10.3. The molecule has 0 aliphatic rings. The Hall–Kier alpha value is -4.42. The Morgan fingerprint density at radius 3 is 2.00 bits per heavy atom. The number of para-hydroxylation sites is 2. The van der Waals surface area contributed by atoms with Gasteiger partial charge in [-0.1, -0.05) is 30.3 Å². The van der Waals surface area contributed by atoms with Gasteiger partial charge in [-0.15, -0.1) is 0 Å². The number of ether oxygens (including phenoxy) is 1. The number of amides is 1. The Labute approximate surface area is 226 Å². The fraction of sp³-hybridized carbons (Fsp3) is 0.0741. The van der Waals surface area contributed by atoms with Crippen molar-refractivity contribution in [3.05, 3.63) is 109 Å². The largest absolute Gasteiger partial charge is 0.495 e. The number of nitrogens with zero attached hydrogens (tertiary/aromatic N) is 1. The van der Waals surface area contributed by atoms with Crippen molar-refractivity contribution < 1.29 is 30.8 Å². The van der Waals surface area contributed by atoms with Crippen LogP contribution in [0.3, 0.4) is 0 Å². The van der Waals surface area contributed by atoms with Crippen molar-refractivity contribution in [2.45, 2.75) is 9.79 Å². The first-order chi connectivity index (χ1) is 18.6. The highest BCUT2D eigenvalue weighted by atomic mass is 32.2. The number of hydrogen-bond acceptors (Lipinski definition) is 6. The second-order valence-corrected chi connectivity index (χ2v) is 11.7. The van der Waals surface area contributed by atoms with Gasteiger partial charge in [0.15, 0.2) is 0 Å². The molecule has 0 unspecified atom stereocenters. The van der Waals surface area contributed by atoms with Crippen LogP contribution >= 0.6 is 0 Å². The molecule has 4 aromatic rings. The fourth-order valence-electron chi connectivity index (χ4n) is 3.64. The molecule has 9 nitrogen and oxygen atoms in total. The van der Waals surface area contributed by atoms with Crippen LogP contribution in [0.5, 0.6) is 5.75 Å². The summed E-state index contributed by atoms with van der Waals surface area (Å²) in [6.07, 6.45) is 0. The Morgan fingerprint density at radius 2 is 1.36 bits per heavy atom. The maximum absolute atomic E-state index is 13.5. The first-order valence-electron chi connectivity index (χ1n) is 11.5. The molecule has 4 rings (SSSR count). The molecule has 0 spiro atoms. The van der Waals surface area contributed by atoms with E-state index in [0.29, 0.717) is 0 Å². The number of halogens is 1. The summed E-state index contributed by atoms with van der Waals surface area (Å²) < 4.78 is 74.0. The minimum absolute atomic E-state index is 0.00748. The average Bonchev–Trinajstić information content (AvgIpc) is 2.93. The second-order valence-electron chi connectivity index (χ2n) is 8.18. The van der Waals surface area contributed by atoms with Crippen LogP contribution in [0.25, 0.3) is 0 Å². The summed E-state index contributed by atoms with van der Waals surface area (Å²) >= 11 is 0. The van der Waals surface area contributed by atoms with E-state index < -0.39 is 38.3 Å². The number of rotatable bonds is 10. The minimum Gasteiger partial charge on any atom is -0.495 e. The summed E-state index contributed by atoms with van der Waals surface area (Å²) in [7, 11) is -6.73. The van der Waals surface area contributed by atoms with Crippen molar-refractivity contribution in [1.29, 1.82) is 0 Å². The van der Waals surface area contributed by atoms with E-state index in [-0.39, 0.29) is 32.6 Å². The zero-order valence-electron chi connectivity index (χ0n) is 20.6. The third-order valence-electron chi connectivity index (χ3n) is 5.52. The molecule has 0 aliphatic heterocycles. The van der Waals surface area contributed by atoms with E-state index in [1.54, 1.807) is 36.4 Å². The summed E-state index contributed by atoms with van der Waals surface area (Å²) in [4.78, 5) is 12.9. The van der Waals surface area contributed by atoms with Crippen molar-refractivity contribution in [3.63, 3.8) is 0 Å². The fourth-order valence-corrected chi connectivity index (χ4v) is 6.15. The first-order valence-corrected chi connectivity index (χ1v) is 14.4. The highest BCUT2D eigenvalue weighted by Crippen LogP contribution is 2.32. The van der Waals surface area contributed by atoms with Gasteiger partial charge in [-0.2, -0.15) is 0 Å². The summed E-state index contributed by atoms with van der Waals surface area (Å²) in [5.74, 6) is -0.910. The van der Waals surface area contributed by atoms with Gasteiger partial charge in [0, 0.05) is 11.4 Å². The van der Waals surface area contributed by atoms with Gasteiger partial charge in [0.2, 0.25) is 5.91 Å². The molecule has 0 atom stereocenters. The smallest absolute Gasteiger partial charge is 0.264 e. The van der Waals surface area contributed by atoms with Crippen LogP contribution in [0.1, 0.15) is 0 Å². The van der Waals surface area contributed by atoms with Crippen LogP contribution < -0.4 is 19.1 Å². The number of carbonyl (C=O) groups is 1. The van der Waals surface area contributed by atoms with E-state index in [0.717, 1.165) is 16.4 Å². The van der Waals surface area contributed by atoms with Crippen molar-refractivity contribution in [2.75, 3.05) is 28.0 Å². The number of carbonyl (C=O) groups excluding carboxylic acids is 1. The lowest BCUT2D eigenvalue weighted by Crippen LogP contribution is -2.38. The van der Waals surface area contributed by atoms with E-state index in [4.69, 9.17) is 4.74 Å². The molecule has 0 aliphatic carbocycles. The molecular formula is C27H24FN3O6S2. The summed E-state index contributed by atoms with van der Waals surface area (Å²) in [6.45, 7) is -0.580. The van der Waals surface area contributed by atoms with Crippen molar-refractivity contribution in [3.8, 4) is 5.75 Å². The zero-order chi connectivity index (χ0) is 28.0. The SMILES string of the molecule is COc1ccccc1N(CC(=O)Nc1ccc(S(=O)(=O)Nc2ccc(F)cc2)cc1)S(=O)(=O)c1ccccc1. The average molecular weight is 570 g/mol. The number of hydrogen-bond donors (Lipinski definition) is 2. The third kappa shape index (κ3) is 6.54. The van der Waals surface area contributed by atoms with E-state index >= 15 is 0 Å². The Balaban J connectivity index is 1.54. The molecule has 202 valence electrons. The van der Waals surface area contributed by atoms with Gasteiger partial charge in [0.05, 0.1) is 22.6 Å². The molecule has 0 aromatic heterocycles. The highest BCUT2D eigenvalue weighted by molar-refractivity contribution is 7.93. The van der Waals surface area contributed by atoms with Gasteiger partial charge >= 0.3 is 0 Å². The van der Waals surface area contributed by atoms with Gasteiger partial charge in [-0.05, 0) is 72.8 Å². The van der Waals surface area contributed by atoms with E-state index in [1.165, 1.54) is 61.7 Å². The van der Waals surface area contributed by atoms with E-state index in [2.05, 4.69) is 10.0 Å². The normalized spacial score (nSPS) is 11.4. The lowest BCUT2D eigenvalue weighted by molar-refractivity contribution is -0.114. The molecule has 0 fully saturated rings. The molecule has 0 radical (unpaired) electrons. The molecule has 12 heteroatoms. The highest BCUT2D eigenvalue weighted by Gasteiger charge is 2.29.